The van der Waals surface area contributed by atoms with Gasteiger partial charge in [-0.3, -0.25) is 20.2 Å². The van der Waals surface area contributed by atoms with Crippen LogP contribution in [0, 0.1) is 21.4 Å². The van der Waals surface area contributed by atoms with Crippen LogP contribution in [0.2, 0.25) is 0 Å². The Morgan fingerprint density at radius 3 is 2.53 bits per heavy atom. The fourth-order valence-corrected chi connectivity index (χ4v) is 5.26. The van der Waals surface area contributed by atoms with E-state index in [-0.39, 0.29) is 17.6 Å². The zero-order chi connectivity index (χ0) is 23.9. The Morgan fingerprint density at radius 2 is 1.79 bits per heavy atom. The predicted molar refractivity (Wildman–Crippen MR) is 125 cm³/mol. The maximum absolute atomic E-state index is 13.1. The van der Waals surface area contributed by atoms with E-state index in [2.05, 4.69) is 16.7 Å². The Morgan fingerprint density at radius 1 is 1.09 bits per heavy atom. The molecule has 3 aromatic carbocycles. The summed E-state index contributed by atoms with van der Waals surface area (Å²) in [6, 6.07) is 22.1. The third-order valence-corrected chi connectivity index (χ3v) is 6.76. The van der Waals surface area contributed by atoms with Crippen molar-refractivity contribution in [1.82, 2.24) is 5.32 Å². The van der Waals surface area contributed by atoms with Crippen LogP contribution in [0.15, 0.2) is 72.8 Å². The summed E-state index contributed by atoms with van der Waals surface area (Å²) in [6.45, 7) is 2.11. The minimum absolute atomic E-state index is 0.238. The van der Waals surface area contributed by atoms with Crippen LogP contribution >= 0.6 is 0 Å². The number of fused-ring (bicyclic) bond motifs is 2. The van der Waals surface area contributed by atoms with Gasteiger partial charge in [-0.2, -0.15) is 5.26 Å². The molecule has 0 aromatic heterocycles. The molecule has 5 rings (SSSR count). The van der Waals surface area contributed by atoms with E-state index in [1.807, 2.05) is 31.2 Å². The van der Waals surface area contributed by atoms with Crippen LogP contribution in [0.25, 0.3) is 0 Å². The molecule has 2 heterocycles. The number of nitrogens with one attached hydrogen (secondary N) is 2. The van der Waals surface area contributed by atoms with E-state index in [4.69, 9.17) is 4.74 Å². The standard InChI is InChI=1S/C26H22N4O4/c1-16-23(17-10-12-20(13-11-17)34-15-19-7-3-2-6-18(19)14-27)24(30(32)33)26(29-16)21-8-4-5-9-22(21)28-25(26)31/h2-13,16,23-24,29H,15H2,1H3,(H,28,31)/t16-,23-,24-,26-/m0/s1. The van der Waals surface area contributed by atoms with E-state index in [9.17, 15) is 20.2 Å². The van der Waals surface area contributed by atoms with Gasteiger partial charge in [0.15, 0.2) is 5.54 Å². The highest BCUT2D eigenvalue weighted by Crippen LogP contribution is 2.49. The topological polar surface area (TPSA) is 117 Å². The highest BCUT2D eigenvalue weighted by atomic mass is 16.6. The summed E-state index contributed by atoms with van der Waals surface area (Å²) in [6.07, 6.45) is 0. The lowest BCUT2D eigenvalue weighted by Gasteiger charge is -2.25. The number of carbonyl (C=O) groups is 1. The average Bonchev–Trinajstić information content (AvgIpc) is 3.32. The molecule has 1 amide bonds. The van der Waals surface area contributed by atoms with Crippen molar-refractivity contribution in [2.24, 2.45) is 0 Å². The van der Waals surface area contributed by atoms with Gasteiger partial charge in [-0.05, 0) is 36.8 Å². The normalized spacial score (nSPS) is 24.9. The van der Waals surface area contributed by atoms with Crippen molar-refractivity contribution in [3.63, 3.8) is 0 Å². The van der Waals surface area contributed by atoms with Crippen LogP contribution in [0.1, 0.15) is 35.1 Å². The molecule has 0 unspecified atom stereocenters. The summed E-state index contributed by atoms with van der Waals surface area (Å²) < 4.78 is 5.85. The minimum atomic E-state index is -1.43. The average molecular weight is 454 g/mol. The molecule has 0 radical (unpaired) electrons. The second-order valence-corrected chi connectivity index (χ2v) is 8.62. The number of nitro groups is 1. The molecule has 1 spiro atoms. The lowest BCUT2D eigenvalue weighted by Crippen LogP contribution is -2.54. The van der Waals surface area contributed by atoms with E-state index in [0.717, 1.165) is 11.1 Å². The molecule has 34 heavy (non-hydrogen) atoms. The zero-order valence-corrected chi connectivity index (χ0v) is 18.4. The molecule has 1 fully saturated rings. The molecule has 0 bridgehead atoms. The van der Waals surface area contributed by atoms with E-state index >= 15 is 0 Å². The minimum Gasteiger partial charge on any atom is -0.489 e. The summed E-state index contributed by atoms with van der Waals surface area (Å²) >= 11 is 0. The van der Waals surface area contributed by atoms with Crippen LogP contribution in [-0.2, 0) is 16.9 Å². The first-order chi connectivity index (χ1) is 16.5. The van der Waals surface area contributed by atoms with Crippen LogP contribution in [-0.4, -0.2) is 22.9 Å². The van der Waals surface area contributed by atoms with E-state index in [1.165, 1.54) is 0 Å². The van der Waals surface area contributed by atoms with Gasteiger partial charge in [0, 0.05) is 27.8 Å². The van der Waals surface area contributed by atoms with Gasteiger partial charge in [0.1, 0.15) is 12.4 Å². The molecule has 0 aliphatic carbocycles. The van der Waals surface area contributed by atoms with E-state index in [1.54, 1.807) is 48.5 Å². The van der Waals surface area contributed by atoms with Gasteiger partial charge in [0.25, 0.3) is 11.9 Å². The van der Waals surface area contributed by atoms with Gasteiger partial charge in [-0.25, -0.2) is 0 Å². The van der Waals surface area contributed by atoms with Crippen molar-refractivity contribution >= 4 is 11.6 Å². The second kappa shape index (κ2) is 8.28. The maximum Gasteiger partial charge on any atom is 0.256 e. The van der Waals surface area contributed by atoms with Crippen molar-refractivity contribution in [2.75, 3.05) is 5.32 Å². The molecular weight excluding hydrogens is 432 g/mol. The number of nitrogens with zero attached hydrogens (tertiary/aromatic N) is 2. The van der Waals surface area contributed by atoms with Crippen molar-refractivity contribution in [3.05, 3.63) is 105 Å². The van der Waals surface area contributed by atoms with Crippen molar-refractivity contribution in [2.45, 2.75) is 37.1 Å². The van der Waals surface area contributed by atoms with Gasteiger partial charge in [-0.15, -0.1) is 0 Å². The molecule has 2 N–H and O–H groups in total. The first-order valence-electron chi connectivity index (χ1n) is 11.0. The Hall–Kier alpha value is -4.22. The van der Waals surface area contributed by atoms with Crippen LogP contribution in [0.4, 0.5) is 5.69 Å². The van der Waals surface area contributed by atoms with Gasteiger partial charge >= 0.3 is 0 Å². The second-order valence-electron chi connectivity index (χ2n) is 8.62. The highest BCUT2D eigenvalue weighted by molar-refractivity contribution is 6.07. The van der Waals surface area contributed by atoms with Crippen LogP contribution in [0.5, 0.6) is 5.75 Å². The number of para-hydroxylation sites is 1. The molecule has 8 nitrogen and oxygen atoms in total. The smallest absolute Gasteiger partial charge is 0.256 e. The van der Waals surface area contributed by atoms with E-state index in [0.29, 0.717) is 22.6 Å². The lowest BCUT2D eigenvalue weighted by molar-refractivity contribution is -0.532. The van der Waals surface area contributed by atoms with Crippen molar-refractivity contribution in [3.8, 4) is 11.8 Å². The number of hydrogen-bond acceptors (Lipinski definition) is 6. The first-order valence-corrected chi connectivity index (χ1v) is 11.0. The van der Waals surface area contributed by atoms with Crippen molar-refractivity contribution < 1.29 is 14.5 Å². The number of amides is 1. The molecule has 0 saturated carbocycles. The SMILES string of the molecule is C[C@@H]1N[C@]2(C(=O)Nc3ccccc32)[C@@H]([N+](=O)[O-])[C@@H]1c1ccc(OCc2ccccc2C#N)cc1. The van der Waals surface area contributed by atoms with Gasteiger partial charge in [-0.1, -0.05) is 48.5 Å². The molecular formula is C26H22N4O4. The first kappa shape index (κ1) is 21.6. The summed E-state index contributed by atoms with van der Waals surface area (Å²) in [5, 5.41) is 27.7. The molecule has 8 heteroatoms. The number of nitriles is 1. The molecule has 2 aliphatic heterocycles. The summed E-state index contributed by atoms with van der Waals surface area (Å²) in [7, 11) is 0. The number of benzene rings is 3. The predicted octanol–water partition coefficient (Wildman–Crippen LogP) is 3.71. The Balaban J connectivity index is 1.43. The quantitative estimate of drug-likeness (QED) is 0.448. The van der Waals surface area contributed by atoms with Crippen LogP contribution < -0.4 is 15.4 Å². The molecule has 3 aromatic rings. The molecule has 4 atom stereocenters. The third kappa shape index (κ3) is 3.29. The lowest BCUT2D eigenvalue weighted by atomic mass is 9.78. The van der Waals surface area contributed by atoms with Crippen molar-refractivity contribution in [1.29, 1.82) is 5.26 Å². The Labute approximate surface area is 196 Å². The molecule has 1 saturated heterocycles. The fraction of sp³-hybridized carbons (Fsp3) is 0.231. The summed E-state index contributed by atoms with van der Waals surface area (Å²) in [5.74, 6) is -0.340. The van der Waals surface area contributed by atoms with E-state index < -0.39 is 23.4 Å². The largest absolute Gasteiger partial charge is 0.489 e. The van der Waals surface area contributed by atoms with Gasteiger partial charge < -0.3 is 10.1 Å². The van der Waals surface area contributed by atoms with Gasteiger partial charge in [0.2, 0.25) is 0 Å². The zero-order valence-electron chi connectivity index (χ0n) is 18.4. The van der Waals surface area contributed by atoms with Crippen LogP contribution in [0.3, 0.4) is 0 Å². The highest BCUT2D eigenvalue weighted by Gasteiger charge is 2.67. The summed E-state index contributed by atoms with van der Waals surface area (Å²) in [4.78, 5) is 25.1. The Kier molecular flexibility index (Phi) is 5.27. The molecule has 170 valence electrons. The number of anilines is 1. The monoisotopic (exact) mass is 454 g/mol. The molecule has 2 aliphatic rings. The van der Waals surface area contributed by atoms with Gasteiger partial charge in [0.05, 0.1) is 17.6 Å². The summed E-state index contributed by atoms with van der Waals surface area (Å²) in [5.41, 5.74) is 1.86. The maximum atomic E-state index is 13.1. The number of hydrogen-bond donors (Lipinski definition) is 2. The number of ether oxygens (including phenoxy) is 1. The Bertz CT molecular complexity index is 1320. The third-order valence-electron chi connectivity index (χ3n) is 6.76. The fourth-order valence-electron chi connectivity index (χ4n) is 5.26. The number of carbonyl (C=O) groups excluding carboxylic acids is 1. The number of rotatable bonds is 5.